The van der Waals surface area contributed by atoms with Gasteiger partial charge in [0.2, 0.25) is 0 Å². The quantitative estimate of drug-likeness (QED) is 0.792. The molecule has 2 aromatic rings. The first-order chi connectivity index (χ1) is 9.08. The van der Waals surface area contributed by atoms with E-state index in [0.717, 1.165) is 12.2 Å². The molecule has 9 heteroatoms. The molecule has 0 unspecified atom stereocenters. The van der Waals surface area contributed by atoms with Crippen molar-refractivity contribution in [3.63, 3.8) is 0 Å². The molecule has 0 fully saturated rings. The van der Waals surface area contributed by atoms with E-state index >= 15 is 0 Å². The van der Waals surface area contributed by atoms with E-state index in [-0.39, 0.29) is 16.9 Å². The lowest BCUT2D eigenvalue weighted by atomic mass is 9.92. The molecule has 2 aromatic heterocycles. The van der Waals surface area contributed by atoms with E-state index in [4.69, 9.17) is 5.73 Å². The third-order valence-corrected chi connectivity index (χ3v) is 2.11. The fourth-order valence-corrected chi connectivity index (χ4v) is 1.24. The van der Waals surface area contributed by atoms with Gasteiger partial charge in [-0.15, -0.1) is 15.3 Å². The Labute approximate surface area is 118 Å². The smallest absolute Gasteiger partial charge is 0.260 e. The zero-order valence-electron chi connectivity index (χ0n) is 12.9. The number of H-pyrrole nitrogens is 1. The minimum atomic E-state index is -0.134. The fraction of sp³-hybridized carbons (Fsp3) is 0.818. The van der Waals surface area contributed by atoms with Crippen LogP contribution in [-0.2, 0) is 12.0 Å². The van der Waals surface area contributed by atoms with Crippen LogP contribution in [0.15, 0.2) is 0 Å². The van der Waals surface area contributed by atoms with E-state index in [2.05, 4.69) is 56.8 Å². The number of anilines is 1. The summed E-state index contributed by atoms with van der Waals surface area (Å²) in [5, 5.41) is 24.7. The van der Waals surface area contributed by atoms with Crippen LogP contribution in [0, 0.1) is 5.41 Å². The van der Waals surface area contributed by atoms with Crippen LogP contribution in [0.3, 0.4) is 0 Å². The van der Waals surface area contributed by atoms with Crippen LogP contribution in [0.4, 0.5) is 5.95 Å². The van der Waals surface area contributed by atoms with Crippen molar-refractivity contribution in [1.82, 2.24) is 40.8 Å². The lowest BCUT2D eigenvalue weighted by Crippen LogP contribution is -2.24. The molecule has 0 aliphatic rings. The zero-order chi connectivity index (χ0) is 15.4. The maximum atomic E-state index is 5.27. The second-order valence-electron chi connectivity index (χ2n) is 6.67. The summed E-state index contributed by atoms with van der Waals surface area (Å²) in [4.78, 5) is 1.49. The Balaban J connectivity index is 0.000000200. The van der Waals surface area contributed by atoms with E-state index in [1.165, 1.54) is 4.80 Å². The van der Waals surface area contributed by atoms with Gasteiger partial charge in [0, 0.05) is 6.42 Å². The summed E-state index contributed by atoms with van der Waals surface area (Å²) in [5.41, 5.74) is 5.38. The van der Waals surface area contributed by atoms with Crippen molar-refractivity contribution in [2.75, 3.05) is 5.73 Å². The van der Waals surface area contributed by atoms with Crippen LogP contribution >= 0.6 is 0 Å². The zero-order valence-corrected chi connectivity index (χ0v) is 12.9. The highest BCUT2D eigenvalue weighted by Crippen LogP contribution is 2.16. The molecule has 0 atom stereocenters. The lowest BCUT2D eigenvalue weighted by Gasteiger charge is -2.14. The molecule has 0 bridgehead atoms. The second kappa shape index (κ2) is 5.93. The second-order valence-corrected chi connectivity index (χ2v) is 6.67. The van der Waals surface area contributed by atoms with Gasteiger partial charge >= 0.3 is 0 Å². The summed E-state index contributed by atoms with van der Waals surface area (Å²) in [5.74, 6) is 1.00. The van der Waals surface area contributed by atoms with Crippen molar-refractivity contribution in [3.8, 4) is 0 Å². The molecule has 20 heavy (non-hydrogen) atoms. The molecule has 9 nitrogen and oxygen atoms in total. The van der Waals surface area contributed by atoms with Gasteiger partial charge in [0.05, 0.1) is 5.54 Å². The minimum Gasteiger partial charge on any atom is -0.365 e. The number of aromatic nitrogens is 8. The lowest BCUT2D eigenvalue weighted by molar-refractivity contribution is 0.306. The molecule has 112 valence electrons. The van der Waals surface area contributed by atoms with Crippen LogP contribution in [0.5, 0.6) is 0 Å². The largest absolute Gasteiger partial charge is 0.365 e. The van der Waals surface area contributed by atoms with Gasteiger partial charge in [-0.1, -0.05) is 31.1 Å². The van der Waals surface area contributed by atoms with Crippen molar-refractivity contribution >= 4 is 5.95 Å². The summed E-state index contributed by atoms with van der Waals surface area (Å²) in [6.07, 6.45) is 0.865. The maximum Gasteiger partial charge on any atom is 0.260 e. The van der Waals surface area contributed by atoms with Gasteiger partial charge in [-0.2, -0.15) is 10.0 Å². The van der Waals surface area contributed by atoms with Crippen LogP contribution in [-0.4, -0.2) is 40.8 Å². The molecule has 0 amide bonds. The summed E-state index contributed by atoms with van der Waals surface area (Å²) >= 11 is 0. The molecule has 0 aliphatic heterocycles. The van der Waals surface area contributed by atoms with Crippen molar-refractivity contribution in [3.05, 3.63) is 5.82 Å². The average Bonchev–Trinajstić information content (AvgIpc) is 2.86. The first-order valence-corrected chi connectivity index (χ1v) is 6.36. The number of rotatable bonds is 1. The molecule has 3 N–H and O–H groups in total. The summed E-state index contributed by atoms with van der Waals surface area (Å²) in [7, 11) is 0. The van der Waals surface area contributed by atoms with Gasteiger partial charge in [0.15, 0.2) is 5.82 Å². The molecule has 0 aliphatic carbocycles. The van der Waals surface area contributed by atoms with Crippen molar-refractivity contribution in [2.24, 2.45) is 5.41 Å². The predicted octanol–water partition coefficient (Wildman–Crippen LogP) is 0.799. The Hall–Kier alpha value is -2.06. The Morgan fingerprint density at radius 1 is 1.10 bits per heavy atom. The van der Waals surface area contributed by atoms with Gasteiger partial charge in [0.1, 0.15) is 0 Å². The van der Waals surface area contributed by atoms with Crippen LogP contribution in [0.1, 0.15) is 47.4 Å². The van der Waals surface area contributed by atoms with E-state index in [1.807, 2.05) is 20.8 Å². The van der Waals surface area contributed by atoms with Crippen LogP contribution in [0.2, 0.25) is 0 Å². The van der Waals surface area contributed by atoms with Gasteiger partial charge in [-0.3, -0.25) is 0 Å². The van der Waals surface area contributed by atoms with Crippen molar-refractivity contribution < 1.29 is 0 Å². The van der Waals surface area contributed by atoms with Crippen molar-refractivity contribution in [2.45, 2.75) is 53.5 Å². The highest BCUT2D eigenvalue weighted by atomic mass is 15.6. The number of aromatic amines is 1. The Kier molecular flexibility index (Phi) is 4.74. The first kappa shape index (κ1) is 16.0. The molecule has 0 saturated carbocycles. The summed E-state index contributed by atoms with van der Waals surface area (Å²) < 4.78 is 0. The number of hydrogen-bond donors (Lipinski definition) is 2. The fourth-order valence-electron chi connectivity index (χ4n) is 1.24. The minimum absolute atomic E-state index is 0.134. The Morgan fingerprint density at radius 2 is 1.75 bits per heavy atom. The van der Waals surface area contributed by atoms with Gasteiger partial charge in [-0.25, -0.2) is 0 Å². The standard InChI is InChI=1S/C6H12N4.C5H11N5/c1-6(2,3)4-5-7-9-10-8-5;1-5(2,3)10-8-4(6)7-9-10/h4H2,1-3H3,(H,7,8,9,10);1-3H3,(H2,6,8). The number of nitrogen functional groups attached to an aromatic ring is 1. The highest BCUT2D eigenvalue weighted by Gasteiger charge is 2.15. The Bertz CT molecular complexity index is 501. The first-order valence-electron chi connectivity index (χ1n) is 6.36. The molecular formula is C11H23N9. The number of nitrogens with two attached hydrogens (primary N) is 1. The highest BCUT2D eigenvalue weighted by molar-refractivity contribution is 5.06. The number of nitrogens with one attached hydrogen (secondary N) is 1. The average molecular weight is 281 g/mol. The molecular weight excluding hydrogens is 258 g/mol. The molecule has 0 aromatic carbocycles. The number of nitrogens with zero attached hydrogens (tertiary/aromatic N) is 7. The molecule has 0 saturated heterocycles. The summed E-state index contributed by atoms with van der Waals surface area (Å²) in [6.45, 7) is 12.4. The van der Waals surface area contributed by atoms with E-state index < -0.39 is 0 Å². The van der Waals surface area contributed by atoms with Crippen LogP contribution in [0.25, 0.3) is 0 Å². The van der Waals surface area contributed by atoms with Gasteiger partial charge < -0.3 is 5.73 Å². The third kappa shape index (κ3) is 5.72. The van der Waals surface area contributed by atoms with Crippen molar-refractivity contribution in [1.29, 1.82) is 0 Å². The monoisotopic (exact) mass is 281 g/mol. The van der Waals surface area contributed by atoms with E-state index in [9.17, 15) is 0 Å². The topological polar surface area (TPSA) is 124 Å². The Morgan fingerprint density at radius 3 is 2.05 bits per heavy atom. The molecule has 2 heterocycles. The van der Waals surface area contributed by atoms with E-state index in [1.54, 1.807) is 0 Å². The summed E-state index contributed by atoms with van der Waals surface area (Å²) in [6, 6.07) is 0. The molecule has 0 radical (unpaired) electrons. The van der Waals surface area contributed by atoms with Gasteiger partial charge in [-0.05, 0) is 31.4 Å². The van der Waals surface area contributed by atoms with Gasteiger partial charge in [0.25, 0.3) is 5.95 Å². The number of hydrogen-bond acceptors (Lipinski definition) is 7. The normalized spacial score (nSPS) is 11.9. The SMILES string of the molecule is CC(C)(C)Cc1nn[nH]n1.CC(C)(C)n1nnc(N)n1. The number of tetrazole rings is 2. The van der Waals surface area contributed by atoms with E-state index in [0.29, 0.717) is 0 Å². The van der Waals surface area contributed by atoms with Crippen LogP contribution < -0.4 is 5.73 Å². The third-order valence-electron chi connectivity index (χ3n) is 2.11. The molecule has 2 rings (SSSR count). The maximum absolute atomic E-state index is 5.27. The molecule has 0 spiro atoms. The predicted molar refractivity (Wildman–Crippen MR) is 74.6 cm³/mol.